The van der Waals surface area contributed by atoms with Crippen molar-refractivity contribution in [3.63, 3.8) is 0 Å². The molecule has 0 saturated carbocycles. The molecule has 88 valence electrons. The van der Waals surface area contributed by atoms with Crippen molar-refractivity contribution in [3.8, 4) is 11.5 Å². The van der Waals surface area contributed by atoms with E-state index in [4.69, 9.17) is 21.1 Å². The standard InChI is InChI=1S/C14H8ClNO2/c15-14-8-3-1-2-4-10(8)16-11-6-13-12(5-9(11)14)17-7-18-13/h1-6H,7H2. The van der Waals surface area contributed by atoms with Crippen LogP contribution >= 0.6 is 11.6 Å². The van der Waals surface area contributed by atoms with Gasteiger partial charge in [0.05, 0.1) is 16.1 Å². The van der Waals surface area contributed by atoms with Gasteiger partial charge in [0.1, 0.15) is 0 Å². The first kappa shape index (κ1) is 9.97. The molecule has 0 N–H and O–H groups in total. The number of hydrogen-bond acceptors (Lipinski definition) is 3. The van der Waals surface area contributed by atoms with Gasteiger partial charge in [0.15, 0.2) is 11.5 Å². The molecule has 2 heterocycles. The number of aromatic nitrogens is 1. The van der Waals surface area contributed by atoms with Crippen LogP contribution in [0.3, 0.4) is 0 Å². The predicted molar refractivity (Wildman–Crippen MR) is 70.4 cm³/mol. The van der Waals surface area contributed by atoms with Crippen LogP contribution in [-0.2, 0) is 0 Å². The summed E-state index contributed by atoms with van der Waals surface area (Å²) in [5.41, 5.74) is 1.71. The summed E-state index contributed by atoms with van der Waals surface area (Å²) >= 11 is 6.44. The van der Waals surface area contributed by atoms with Gasteiger partial charge in [-0.15, -0.1) is 0 Å². The van der Waals surface area contributed by atoms with Crippen molar-refractivity contribution in [2.24, 2.45) is 0 Å². The van der Waals surface area contributed by atoms with Gasteiger partial charge in [-0.3, -0.25) is 0 Å². The molecule has 0 saturated heterocycles. The van der Waals surface area contributed by atoms with E-state index in [1.165, 1.54) is 0 Å². The van der Waals surface area contributed by atoms with Gasteiger partial charge in [-0.2, -0.15) is 0 Å². The molecule has 0 atom stereocenters. The topological polar surface area (TPSA) is 31.4 Å². The summed E-state index contributed by atoms with van der Waals surface area (Å²) in [6, 6.07) is 11.6. The van der Waals surface area contributed by atoms with Crippen LogP contribution in [0.15, 0.2) is 36.4 Å². The third kappa shape index (κ3) is 1.28. The van der Waals surface area contributed by atoms with Crippen LogP contribution in [0.5, 0.6) is 11.5 Å². The highest BCUT2D eigenvalue weighted by Gasteiger charge is 2.17. The molecule has 0 unspecified atom stereocenters. The number of benzene rings is 2. The van der Waals surface area contributed by atoms with Crippen molar-refractivity contribution in [1.29, 1.82) is 0 Å². The van der Waals surface area contributed by atoms with Crippen LogP contribution in [0, 0.1) is 0 Å². The van der Waals surface area contributed by atoms with E-state index < -0.39 is 0 Å². The van der Waals surface area contributed by atoms with Crippen LogP contribution in [0.1, 0.15) is 0 Å². The monoisotopic (exact) mass is 257 g/mol. The molecule has 4 heteroatoms. The van der Waals surface area contributed by atoms with Crippen molar-refractivity contribution < 1.29 is 9.47 Å². The van der Waals surface area contributed by atoms with E-state index in [1.807, 2.05) is 36.4 Å². The van der Waals surface area contributed by atoms with Gasteiger partial charge >= 0.3 is 0 Å². The van der Waals surface area contributed by atoms with Crippen molar-refractivity contribution in [2.75, 3.05) is 6.79 Å². The van der Waals surface area contributed by atoms with Crippen LogP contribution in [0.4, 0.5) is 0 Å². The Bertz CT molecular complexity index is 785. The first-order valence-electron chi connectivity index (χ1n) is 5.60. The minimum atomic E-state index is 0.253. The molecule has 3 aromatic rings. The number of rotatable bonds is 0. The molecule has 0 amide bonds. The molecule has 0 spiro atoms. The van der Waals surface area contributed by atoms with E-state index in [0.29, 0.717) is 5.02 Å². The third-order valence-electron chi connectivity index (χ3n) is 3.11. The van der Waals surface area contributed by atoms with Gasteiger partial charge in [-0.05, 0) is 12.1 Å². The normalized spacial score (nSPS) is 13.4. The van der Waals surface area contributed by atoms with Gasteiger partial charge in [0.25, 0.3) is 0 Å². The zero-order valence-corrected chi connectivity index (χ0v) is 10.1. The van der Waals surface area contributed by atoms with E-state index in [1.54, 1.807) is 0 Å². The van der Waals surface area contributed by atoms with Gasteiger partial charge in [0, 0.05) is 16.8 Å². The highest BCUT2D eigenvalue weighted by molar-refractivity contribution is 6.40. The average Bonchev–Trinajstić information content (AvgIpc) is 2.84. The summed E-state index contributed by atoms with van der Waals surface area (Å²) in [4.78, 5) is 4.60. The first-order valence-corrected chi connectivity index (χ1v) is 5.98. The maximum absolute atomic E-state index is 6.44. The number of fused-ring (bicyclic) bond motifs is 3. The predicted octanol–water partition coefficient (Wildman–Crippen LogP) is 3.77. The minimum Gasteiger partial charge on any atom is -0.454 e. The van der Waals surface area contributed by atoms with E-state index >= 15 is 0 Å². The Morgan fingerprint density at radius 1 is 0.944 bits per heavy atom. The van der Waals surface area contributed by atoms with Gasteiger partial charge in [-0.1, -0.05) is 29.8 Å². The van der Waals surface area contributed by atoms with E-state index in [2.05, 4.69) is 4.98 Å². The fraction of sp³-hybridized carbons (Fsp3) is 0.0714. The maximum Gasteiger partial charge on any atom is 0.231 e. The fourth-order valence-corrected chi connectivity index (χ4v) is 2.54. The SMILES string of the molecule is Clc1c2ccccc2nc2cc3c(cc12)OCO3. The molecule has 0 fully saturated rings. The van der Waals surface area contributed by atoms with Crippen LogP contribution in [0.2, 0.25) is 5.02 Å². The highest BCUT2D eigenvalue weighted by atomic mass is 35.5. The minimum absolute atomic E-state index is 0.253. The number of ether oxygens (including phenoxy) is 2. The molecule has 0 bridgehead atoms. The van der Waals surface area contributed by atoms with Crippen molar-refractivity contribution in [2.45, 2.75) is 0 Å². The van der Waals surface area contributed by atoms with Crippen LogP contribution in [0.25, 0.3) is 21.8 Å². The molecule has 3 nitrogen and oxygen atoms in total. The molecule has 2 aromatic carbocycles. The Morgan fingerprint density at radius 3 is 2.61 bits per heavy atom. The molecule has 18 heavy (non-hydrogen) atoms. The average molecular weight is 258 g/mol. The molecule has 1 aliphatic heterocycles. The Kier molecular flexibility index (Phi) is 1.94. The van der Waals surface area contributed by atoms with Gasteiger partial charge in [0.2, 0.25) is 6.79 Å². The van der Waals surface area contributed by atoms with Crippen molar-refractivity contribution in [3.05, 3.63) is 41.4 Å². The first-order chi connectivity index (χ1) is 8.83. The zero-order valence-electron chi connectivity index (χ0n) is 9.31. The lowest BCUT2D eigenvalue weighted by Gasteiger charge is -2.06. The molecule has 1 aromatic heterocycles. The maximum atomic E-state index is 6.44. The number of halogens is 1. The van der Waals surface area contributed by atoms with Gasteiger partial charge < -0.3 is 9.47 Å². The molecular formula is C14H8ClNO2. The Morgan fingerprint density at radius 2 is 1.72 bits per heavy atom. The van der Waals surface area contributed by atoms with Crippen molar-refractivity contribution in [1.82, 2.24) is 4.98 Å². The summed E-state index contributed by atoms with van der Waals surface area (Å²) in [5, 5.41) is 2.54. The molecule has 1 aliphatic rings. The van der Waals surface area contributed by atoms with Crippen LogP contribution < -0.4 is 9.47 Å². The Labute approximate surface area is 108 Å². The third-order valence-corrected chi connectivity index (χ3v) is 3.52. The molecule has 0 radical (unpaired) electrons. The summed E-state index contributed by atoms with van der Waals surface area (Å²) in [6.07, 6.45) is 0. The highest BCUT2D eigenvalue weighted by Crippen LogP contribution is 2.39. The lowest BCUT2D eigenvalue weighted by Crippen LogP contribution is -1.92. The number of hydrogen-bond donors (Lipinski definition) is 0. The van der Waals surface area contributed by atoms with Crippen molar-refractivity contribution >= 4 is 33.4 Å². The van der Waals surface area contributed by atoms with E-state index in [0.717, 1.165) is 33.3 Å². The Hall–Kier alpha value is -2.00. The second-order valence-electron chi connectivity index (χ2n) is 4.17. The van der Waals surface area contributed by atoms with Gasteiger partial charge in [-0.25, -0.2) is 4.98 Å². The Balaban J connectivity index is 2.18. The molecule has 0 aliphatic carbocycles. The van der Waals surface area contributed by atoms with E-state index in [-0.39, 0.29) is 6.79 Å². The largest absolute Gasteiger partial charge is 0.454 e. The summed E-state index contributed by atoms with van der Waals surface area (Å²) in [6.45, 7) is 0.253. The lowest BCUT2D eigenvalue weighted by atomic mass is 10.1. The number of pyridine rings is 1. The zero-order chi connectivity index (χ0) is 12.1. The van der Waals surface area contributed by atoms with E-state index in [9.17, 15) is 0 Å². The molecule has 4 rings (SSSR count). The molecular weight excluding hydrogens is 250 g/mol. The number of para-hydroxylation sites is 1. The second kappa shape index (κ2) is 3.50. The fourth-order valence-electron chi connectivity index (χ4n) is 2.23. The summed E-state index contributed by atoms with van der Waals surface area (Å²) in [7, 11) is 0. The lowest BCUT2D eigenvalue weighted by molar-refractivity contribution is 0.174. The quantitative estimate of drug-likeness (QED) is 0.575. The summed E-state index contributed by atoms with van der Waals surface area (Å²) < 4.78 is 10.7. The second-order valence-corrected chi connectivity index (χ2v) is 4.54. The number of nitrogens with zero attached hydrogens (tertiary/aromatic N) is 1. The van der Waals surface area contributed by atoms with Crippen LogP contribution in [-0.4, -0.2) is 11.8 Å². The smallest absolute Gasteiger partial charge is 0.231 e. The summed E-state index contributed by atoms with van der Waals surface area (Å²) in [5.74, 6) is 1.45.